The fraction of sp³-hybridized carbons (Fsp3) is 0.278. The molecule has 0 aromatic heterocycles. The number of hydrogen-bond acceptors (Lipinski definition) is 4. The zero-order chi connectivity index (χ0) is 18.0. The Labute approximate surface area is 164 Å². The highest BCUT2D eigenvalue weighted by Crippen LogP contribution is 2.27. The number of likely N-dealkylation sites (tertiary alicyclic amines) is 1. The van der Waals surface area contributed by atoms with E-state index < -0.39 is 21.5 Å². The van der Waals surface area contributed by atoms with Crippen LogP contribution in [0.2, 0.25) is 5.02 Å². The number of nitrogens with two attached hydrogens (primary N) is 1. The summed E-state index contributed by atoms with van der Waals surface area (Å²) in [6.45, 7) is 0.786. The Morgan fingerprint density at radius 1 is 1.08 bits per heavy atom. The molecule has 1 amide bonds. The normalized spacial score (nSPS) is 19.8. The van der Waals surface area contributed by atoms with Gasteiger partial charge in [0, 0.05) is 30.1 Å². The third kappa shape index (κ3) is 4.57. The van der Waals surface area contributed by atoms with Crippen LogP contribution in [-0.2, 0) is 14.6 Å². The number of rotatable bonds is 4. The van der Waals surface area contributed by atoms with Crippen molar-refractivity contribution in [3.8, 4) is 0 Å². The lowest BCUT2D eigenvalue weighted by Gasteiger charge is -2.16. The van der Waals surface area contributed by atoms with Gasteiger partial charge in [0.05, 0.1) is 4.90 Å². The molecule has 1 saturated heterocycles. The number of benzene rings is 2. The molecule has 140 valence electrons. The van der Waals surface area contributed by atoms with Crippen LogP contribution >= 0.6 is 24.0 Å². The van der Waals surface area contributed by atoms with E-state index >= 15 is 0 Å². The summed E-state index contributed by atoms with van der Waals surface area (Å²) in [7, 11) is -3.70. The molecule has 1 heterocycles. The quantitative estimate of drug-likeness (QED) is 0.832. The first-order valence-electron chi connectivity index (χ1n) is 7.93. The van der Waals surface area contributed by atoms with Gasteiger partial charge in [0.15, 0.2) is 9.84 Å². The topological polar surface area (TPSA) is 80.5 Å². The van der Waals surface area contributed by atoms with Crippen molar-refractivity contribution in [1.29, 1.82) is 0 Å². The zero-order valence-electron chi connectivity index (χ0n) is 13.9. The van der Waals surface area contributed by atoms with E-state index in [0.717, 1.165) is 5.56 Å². The van der Waals surface area contributed by atoms with Gasteiger partial charge in [0.1, 0.15) is 5.75 Å². The first-order chi connectivity index (χ1) is 11.9. The van der Waals surface area contributed by atoms with Gasteiger partial charge in [-0.1, -0.05) is 41.9 Å². The lowest BCUT2D eigenvalue weighted by atomic mass is 9.95. The highest BCUT2D eigenvalue weighted by atomic mass is 35.5. The van der Waals surface area contributed by atoms with Gasteiger partial charge in [-0.2, -0.15) is 0 Å². The number of nitrogens with zero attached hydrogens (tertiary/aromatic N) is 1. The average Bonchev–Trinajstić information content (AvgIpc) is 2.98. The molecule has 0 bridgehead atoms. The van der Waals surface area contributed by atoms with Crippen LogP contribution in [0.25, 0.3) is 0 Å². The fourth-order valence-corrected chi connectivity index (χ4v) is 4.42. The van der Waals surface area contributed by atoms with Crippen molar-refractivity contribution >= 4 is 39.8 Å². The molecule has 2 N–H and O–H groups in total. The second kappa shape index (κ2) is 8.39. The first-order valence-corrected chi connectivity index (χ1v) is 9.96. The van der Waals surface area contributed by atoms with Crippen molar-refractivity contribution in [2.24, 2.45) is 5.73 Å². The molecule has 3 rings (SSSR count). The van der Waals surface area contributed by atoms with Crippen LogP contribution in [0.15, 0.2) is 59.5 Å². The summed E-state index contributed by atoms with van der Waals surface area (Å²) in [5.41, 5.74) is 7.23. The summed E-state index contributed by atoms with van der Waals surface area (Å²) in [6.07, 6.45) is 0. The summed E-state index contributed by atoms with van der Waals surface area (Å²) >= 11 is 5.78. The Morgan fingerprint density at radius 3 is 2.31 bits per heavy atom. The van der Waals surface area contributed by atoms with Gasteiger partial charge in [-0.25, -0.2) is 8.42 Å². The Morgan fingerprint density at radius 2 is 1.69 bits per heavy atom. The smallest absolute Gasteiger partial charge is 0.238 e. The third-order valence-corrected chi connectivity index (χ3v) is 6.30. The zero-order valence-corrected chi connectivity index (χ0v) is 16.3. The number of sulfone groups is 1. The van der Waals surface area contributed by atoms with Crippen molar-refractivity contribution in [3.05, 3.63) is 65.2 Å². The van der Waals surface area contributed by atoms with Gasteiger partial charge in [-0.15, -0.1) is 12.4 Å². The van der Waals surface area contributed by atoms with Crippen molar-refractivity contribution in [1.82, 2.24) is 4.90 Å². The molecular formula is C18H20Cl2N2O3S. The third-order valence-electron chi connectivity index (χ3n) is 4.43. The first kappa shape index (κ1) is 20.7. The second-order valence-electron chi connectivity index (χ2n) is 6.19. The molecule has 0 unspecified atom stereocenters. The van der Waals surface area contributed by atoms with Crippen molar-refractivity contribution in [2.75, 3.05) is 18.8 Å². The molecule has 1 aliphatic rings. The van der Waals surface area contributed by atoms with E-state index in [0.29, 0.717) is 18.1 Å². The van der Waals surface area contributed by atoms with Gasteiger partial charge in [0.25, 0.3) is 0 Å². The highest BCUT2D eigenvalue weighted by molar-refractivity contribution is 7.92. The summed E-state index contributed by atoms with van der Waals surface area (Å²) < 4.78 is 24.8. The van der Waals surface area contributed by atoms with Gasteiger partial charge >= 0.3 is 0 Å². The van der Waals surface area contributed by atoms with Gasteiger partial charge in [0.2, 0.25) is 5.91 Å². The predicted octanol–water partition coefficient (Wildman–Crippen LogP) is 2.49. The van der Waals surface area contributed by atoms with Crippen LogP contribution in [0, 0.1) is 0 Å². The second-order valence-corrected chi connectivity index (χ2v) is 8.62. The molecule has 0 aliphatic carbocycles. The Kier molecular flexibility index (Phi) is 6.69. The highest BCUT2D eigenvalue weighted by Gasteiger charge is 2.35. The molecule has 2 aromatic carbocycles. The lowest BCUT2D eigenvalue weighted by Crippen LogP contribution is -2.36. The number of carbonyl (C=O) groups is 1. The van der Waals surface area contributed by atoms with E-state index in [4.69, 9.17) is 17.3 Å². The molecule has 5 nitrogen and oxygen atoms in total. The molecule has 1 fully saturated rings. The lowest BCUT2D eigenvalue weighted by molar-refractivity contribution is -0.127. The number of halogens is 2. The minimum atomic E-state index is -3.70. The Bertz CT molecular complexity index is 858. The molecule has 8 heteroatoms. The Balaban J connectivity index is 0.00000243. The molecular weight excluding hydrogens is 395 g/mol. The predicted molar refractivity (Wildman–Crippen MR) is 104 cm³/mol. The van der Waals surface area contributed by atoms with Gasteiger partial charge in [-0.05, 0) is 29.8 Å². The maximum atomic E-state index is 12.5. The van der Waals surface area contributed by atoms with E-state index in [1.54, 1.807) is 0 Å². The van der Waals surface area contributed by atoms with E-state index in [-0.39, 0.29) is 29.3 Å². The Hall–Kier alpha value is -1.60. The van der Waals surface area contributed by atoms with Crippen molar-refractivity contribution in [3.63, 3.8) is 0 Å². The van der Waals surface area contributed by atoms with Gasteiger partial charge in [-0.3, -0.25) is 4.79 Å². The van der Waals surface area contributed by atoms with Crippen molar-refractivity contribution in [2.45, 2.75) is 16.9 Å². The summed E-state index contributed by atoms with van der Waals surface area (Å²) in [4.78, 5) is 14.1. The monoisotopic (exact) mass is 414 g/mol. The maximum absolute atomic E-state index is 12.5. The maximum Gasteiger partial charge on any atom is 0.238 e. The summed E-state index contributed by atoms with van der Waals surface area (Å²) in [5.74, 6) is -0.977. The van der Waals surface area contributed by atoms with E-state index in [2.05, 4.69) is 0 Å². The fourth-order valence-electron chi connectivity index (χ4n) is 3.06. The average molecular weight is 415 g/mol. The van der Waals surface area contributed by atoms with Crippen LogP contribution < -0.4 is 5.73 Å². The van der Waals surface area contributed by atoms with Crippen LogP contribution in [-0.4, -0.2) is 44.1 Å². The molecule has 2 atom stereocenters. The van der Waals surface area contributed by atoms with Crippen LogP contribution in [0.5, 0.6) is 0 Å². The van der Waals surface area contributed by atoms with Crippen LogP contribution in [0.1, 0.15) is 11.5 Å². The minimum absolute atomic E-state index is 0. The van der Waals surface area contributed by atoms with Crippen LogP contribution in [0.3, 0.4) is 0 Å². The standard InChI is InChI=1S/C18H19ClN2O3S.ClH/c19-14-6-8-15(9-7-14)25(23,24)12-18(22)21-10-16(17(20)11-21)13-4-2-1-3-5-13;/h1-9,16-17H,10-12,20H2;1H/t16-,17+;/m0./s1. The number of amides is 1. The largest absolute Gasteiger partial charge is 0.340 e. The molecule has 0 saturated carbocycles. The summed E-state index contributed by atoms with van der Waals surface area (Å²) in [5, 5.41) is 0.446. The molecule has 1 aliphatic heterocycles. The number of carbonyl (C=O) groups excluding carboxylic acids is 1. The van der Waals surface area contributed by atoms with Crippen LogP contribution in [0.4, 0.5) is 0 Å². The summed E-state index contributed by atoms with van der Waals surface area (Å²) in [6, 6.07) is 15.3. The van der Waals surface area contributed by atoms with E-state index in [9.17, 15) is 13.2 Å². The minimum Gasteiger partial charge on any atom is -0.340 e. The molecule has 0 radical (unpaired) electrons. The SMILES string of the molecule is Cl.N[C@@H]1CN(C(=O)CS(=O)(=O)c2ccc(Cl)cc2)C[C@H]1c1ccccc1. The van der Waals surface area contributed by atoms with Crippen molar-refractivity contribution < 1.29 is 13.2 Å². The molecule has 2 aromatic rings. The molecule has 0 spiro atoms. The number of hydrogen-bond donors (Lipinski definition) is 1. The van der Waals surface area contributed by atoms with E-state index in [1.807, 2.05) is 30.3 Å². The van der Waals surface area contributed by atoms with E-state index in [1.165, 1.54) is 29.2 Å². The van der Waals surface area contributed by atoms with Gasteiger partial charge < -0.3 is 10.6 Å². The molecule has 26 heavy (non-hydrogen) atoms.